The lowest BCUT2D eigenvalue weighted by Crippen LogP contribution is -2.63. The summed E-state index contributed by atoms with van der Waals surface area (Å²) in [5.41, 5.74) is 6.04. The molecule has 2 aromatic carbocycles. The zero-order chi connectivity index (χ0) is 26.2. The molecule has 3 fully saturated rings. The summed E-state index contributed by atoms with van der Waals surface area (Å²) < 4.78 is 28.8. The molecule has 2 heterocycles. The van der Waals surface area contributed by atoms with Gasteiger partial charge in [-0.2, -0.15) is 16.1 Å². The first-order valence-electron chi connectivity index (χ1n) is 12.9. The summed E-state index contributed by atoms with van der Waals surface area (Å²) in [6.07, 6.45) is 3.00. The molecule has 2 N–H and O–H groups in total. The monoisotopic (exact) mass is 600 g/mol. The van der Waals surface area contributed by atoms with Gasteiger partial charge in [0, 0.05) is 61.2 Å². The second kappa shape index (κ2) is 12.3. The fraction of sp³-hybridized carbons (Fsp3) is 0.538. The van der Waals surface area contributed by atoms with Crippen LogP contribution in [0.1, 0.15) is 25.7 Å². The van der Waals surface area contributed by atoms with Crippen LogP contribution in [0.5, 0.6) is 0 Å². The number of hydrogen-bond donors (Lipinski definition) is 1. The molecule has 2 saturated heterocycles. The number of piperazine rings is 1. The smallest absolute Gasteiger partial charge is 0.246 e. The summed E-state index contributed by atoms with van der Waals surface area (Å²) in [5, 5.41) is 2.21. The van der Waals surface area contributed by atoms with Gasteiger partial charge in [-0.05, 0) is 60.7 Å². The molecule has 0 radical (unpaired) electrons. The Kier molecular flexibility index (Phi) is 9.53. The Bertz CT molecular complexity index is 1280. The van der Waals surface area contributed by atoms with Crippen LogP contribution in [-0.2, 0) is 19.6 Å². The summed E-state index contributed by atoms with van der Waals surface area (Å²) in [6.45, 7) is 1.53. The van der Waals surface area contributed by atoms with E-state index in [1.165, 1.54) is 4.31 Å². The number of halogens is 2. The van der Waals surface area contributed by atoms with Crippen LogP contribution in [0.4, 0.5) is 0 Å². The van der Waals surface area contributed by atoms with E-state index in [0.717, 1.165) is 35.1 Å². The van der Waals surface area contributed by atoms with E-state index < -0.39 is 16.1 Å². The highest BCUT2D eigenvalue weighted by atomic mass is 35.5. The van der Waals surface area contributed by atoms with Crippen molar-refractivity contribution in [1.82, 2.24) is 14.1 Å². The van der Waals surface area contributed by atoms with Crippen LogP contribution in [0.3, 0.4) is 0 Å². The summed E-state index contributed by atoms with van der Waals surface area (Å²) in [6, 6.07) is 9.58. The van der Waals surface area contributed by atoms with E-state index in [9.17, 15) is 18.0 Å². The Morgan fingerprint density at radius 1 is 0.895 bits per heavy atom. The lowest BCUT2D eigenvalue weighted by molar-refractivity contribution is -0.151. The summed E-state index contributed by atoms with van der Waals surface area (Å²) in [7, 11) is -3.87. The van der Waals surface area contributed by atoms with Gasteiger partial charge in [-0.25, -0.2) is 8.42 Å². The fourth-order valence-electron chi connectivity index (χ4n) is 5.55. The summed E-state index contributed by atoms with van der Waals surface area (Å²) in [4.78, 5) is 30.9. The van der Waals surface area contributed by atoms with Crippen molar-refractivity contribution < 1.29 is 18.0 Å². The van der Waals surface area contributed by atoms with Crippen LogP contribution < -0.4 is 5.73 Å². The zero-order valence-corrected chi connectivity index (χ0v) is 24.3. The molecule has 1 saturated carbocycles. The Hall–Kier alpha value is -1.56. The molecule has 0 bridgehead atoms. The summed E-state index contributed by atoms with van der Waals surface area (Å²) >= 11 is 7.88. The lowest BCUT2D eigenvalue weighted by Gasteiger charge is -2.44. The average molecular weight is 602 g/mol. The van der Waals surface area contributed by atoms with Crippen molar-refractivity contribution in [1.29, 1.82) is 0 Å². The molecule has 8 nitrogen and oxygen atoms in total. The standard InChI is InChI=1S/C26H33ClN4O4S2.ClH/c27-21-5-1-20-16-23(8-4-19(20)15-21)37(34,35)30-9-10-31(25(32)18-2-6-22(28)7-3-18)24(17-30)26(33)29-11-13-36-14-12-29;/h1,4-5,8,15-16,18,22,24H,2-3,6-7,9-14,17,28H2;1H/t18-,22-,24?;. The van der Waals surface area contributed by atoms with Crippen LogP contribution >= 0.6 is 35.8 Å². The first-order valence-corrected chi connectivity index (χ1v) is 15.8. The van der Waals surface area contributed by atoms with E-state index in [1.54, 1.807) is 58.0 Å². The van der Waals surface area contributed by atoms with Crippen molar-refractivity contribution in [3.8, 4) is 0 Å². The van der Waals surface area contributed by atoms with Gasteiger partial charge in [0.05, 0.1) is 4.90 Å². The molecule has 38 heavy (non-hydrogen) atoms. The maximum absolute atomic E-state index is 13.7. The van der Waals surface area contributed by atoms with E-state index in [2.05, 4.69) is 0 Å². The van der Waals surface area contributed by atoms with Crippen LogP contribution in [0, 0.1) is 5.92 Å². The van der Waals surface area contributed by atoms with E-state index >= 15 is 0 Å². The number of thioether (sulfide) groups is 1. The Labute approximate surface area is 239 Å². The third-order valence-corrected chi connectivity index (χ3v) is 10.8. The highest BCUT2D eigenvalue weighted by molar-refractivity contribution is 7.99. The molecule has 0 spiro atoms. The molecule has 12 heteroatoms. The van der Waals surface area contributed by atoms with Crippen molar-refractivity contribution in [3.05, 3.63) is 41.4 Å². The van der Waals surface area contributed by atoms with Gasteiger partial charge in [-0.1, -0.05) is 23.7 Å². The SMILES string of the molecule is Cl.N[C@H]1CC[C@H](C(=O)N2CCN(S(=O)(=O)c3ccc4cc(Cl)ccc4c3)CC2C(=O)N2CCSCC2)CC1. The minimum absolute atomic E-state index is 0. The van der Waals surface area contributed by atoms with Gasteiger partial charge in [-0.3, -0.25) is 9.59 Å². The first kappa shape index (κ1) is 29.4. The normalized spacial score (nSPS) is 25.2. The van der Waals surface area contributed by atoms with Crippen LogP contribution in [-0.4, -0.2) is 90.7 Å². The second-order valence-corrected chi connectivity index (χ2v) is 13.7. The third kappa shape index (κ3) is 6.10. The van der Waals surface area contributed by atoms with Crippen molar-refractivity contribution in [2.45, 2.75) is 42.7 Å². The van der Waals surface area contributed by atoms with Crippen molar-refractivity contribution >= 4 is 68.4 Å². The minimum Gasteiger partial charge on any atom is -0.339 e. The number of benzene rings is 2. The van der Waals surface area contributed by atoms with Crippen molar-refractivity contribution in [2.75, 3.05) is 44.2 Å². The van der Waals surface area contributed by atoms with Gasteiger partial charge in [0.15, 0.2) is 0 Å². The maximum atomic E-state index is 13.7. The highest BCUT2D eigenvalue weighted by Crippen LogP contribution is 2.30. The first-order chi connectivity index (χ1) is 17.7. The molecule has 2 amide bonds. The molecule has 3 aliphatic rings. The molecule has 5 rings (SSSR count). The van der Waals surface area contributed by atoms with E-state index in [0.29, 0.717) is 31.0 Å². The Morgan fingerprint density at radius 2 is 1.55 bits per heavy atom. The van der Waals surface area contributed by atoms with Crippen LogP contribution in [0.2, 0.25) is 5.02 Å². The van der Waals surface area contributed by atoms with Crippen LogP contribution in [0.15, 0.2) is 41.3 Å². The van der Waals surface area contributed by atoms with E-state index in [-0.39, 0.29) is 60.7 Å². The van der Waals surface area contributed by atoms with Crippen LogP contribution in [0.25, 0.3) is 10.8 Å². The molecule has 2 aromatic rings. The van der Waals surface area contributed by atoms with E-state index in [1.807, 2.05) is 0 Å². The maximum Gasteiger partial charge on any atom is 0.246 e. The van der Waals surface area contributed by atoms with Gasteiger partial charge in [0.25, 0.3) is 0 Å². The van der Waals surface area contributed by atoms with Gasteiger partial charge < -0.3 is 15.5 Å². The van der Waals surface area contributed by atoms with Crippen molar-refractivity contribution in [2.24, 2.45) is 11.7 Å². The topological polar surface area (TPSA) is 104 Å². The minimum atomic E-state index is -3.87. The molecule has 208 valence electrons. The number of nitrogens with zero attached hydrogens (tertiary/aromatic N) is 3. The van der Waals surface area contributed by atoms with Gasteiger partial charge in [0.1, 0.15) is 6.04 Å². The fourth-order valence-corrected chi connectivity index (χ4v) is 8.11. The Morgan fingerprint density at radius 3 is 2.26 bits per heavy atom. The highest BCUT2D eigenvalue weighted by Gasteiger charge is 2.43. The number of carbonyl (C=O) groups is 2. The van der Waals surface area contributed by atoms with E-state index in [4.69, 9.17) is 17.3 Å². The number of fused-ring (bicyclic) bond motifs is 1. The average Bonchev–Trinajstić information content (AvgIpc) is 2.92. The number of nitrogens with two attached hydrogens (primary N) is 1. The molecule has 2 aliphatic heterocycles. The molecular formula is C26H34Cl2N4O4S2. The number of sulfonamides is 1. The lowest BCUT2D eigenvalue weighted by atomic mass is 9.85. The van der Waals surface area contributed by atoms with Gasteiger partial charge in [-0.15, -0.1) is 12.4 Å². The third-order valence-electron chi connectivity index (χ3n) is 7.77. The largest absolute Gasteiger partial charge is 0.339 e. The van der Waals surface area contributed by atoms with Crippen molar-refractivity contribution in [3.63, 3.8) is 0 Å². The van der Waals surface area contributed by atoms with Gasteiger partial charge in [0.2, 0.25) is 21.8 Å². The molecular weight excluding hydrogens is 567 g/mol. The quantitative estimate of drug-likeness (QED) is 0.578. The molecule has 1 aliphatic carbocycles. The molecule has 1 atom stereocenters. The second-order valence-electron chi connectivity index (χ2n) is 10.1. The Balaban J connectivity index is 0.00000336. The number of hydrogen-bond acceptors (Lipinski definition) is 6. The number of rotatable bonds is 4. The summed E-state index contributed by atoms with van der Waals surface area (Å²) in [5.74, 6) is 1.32. The predicted octanol–water partition coefficient (Wildman–Crippen LogP) is 3.21. The van der Waals surface area contributed by atoms with Gasteiger partial charge >= 0.3 is 0 Å². The molecule has 0 aromatic heterocycles. The zero-order valence-electron chi connectivity index (χ0n) is 21.1. The molecule has 1 unspecified atom stereocenters. The number of carbonyl (C=O) groups excluding carboxylic acids is 2. The predicted molar refractivity (Wildman–Crippen MR) is 154 cm³/mol. The number of amides is 2.